The predicted molar refractivity (Wildman–Crippen MR) is 476 cm³/mol. The number of benzene rings is 4. The van der Waals surface area contributed by atoms with Crippen molar-refractivity contribution in [2.75, 3.05) is 108 Å². The van der Waals surface area contributed by atoms with Gasteiger partial charge in [-0.15, -0.1) is 0 Å². The highest BCUT2D eigenvalue weighted by Crippen LogP contribution is 2.38. The zero-order valence-electron chi connectivity index (χ0n) is 73.2. The van der Waals surface area contributed by atoms with Gasteiger partial charge in [0, 0.05) is 73.0 Å². The highest BCUT2D eigenvalue weighted by atomic mass is 28.5. The zero-order valence-corrected chi connectivity index (χ0v) is 81.2. The fourth-order valence-corrected chi connectivity index (χ4v) is 43.6. The van der Waals surface area contributed by atoms with Crippen LogP contribution in [0.1, 0.15) is 98.3 Å². The third kappa shape index (κ3) is 41.3. The Morgan fingerprint density at radius 3 is 0.893 bits per heavy atom. The molecule has 2 saturated carbocycles. The van der Waals surface area contributed by atoms with Crippen LogP contribution in [0.15, 0.2) is 121 Å². The van der Waals surface area contributed by atoms with Gasteiger partial charge in [0.15, 0.2) is 0 Å². The van der Waals surface area contributed by atoms with Gasteiger partial charge < -0.3 is 154 Å². The molecule has 6 rings (SSSR count). The topological polar surface area (TPSA) is 515 Å². The Morgan fingerprint density at radius 2 is 0.620 bits per heavy atom. The molecule has 2 aliphatic carbocycles. The van der Waals surface area contributed by atoms with E-state index in [-0.39, 0.29) is 58.3 Å². The first kappa shape index (κ1) is 113. The number of hydrogen-bond donors (Lipinski definition) is 20. The lowest BCUT2D eigenvalue weighted by Gasteiger charge is -2.39. The van der Waals surface area contributed by atoms with E-state index in [9.17, 15) is 80.5 Å². The van der Waals surface area contributed by atoms with Crippen LogP contribution in [0, 0.1) is 11.8 Å². The molecule has 2 aliphatic rings. The third-order valence-electron chi connectivity index (χ3n) is 22.2. The van der Waals surface area contributed by atoms with Gasteiger partial charge in [-0.3, -0.25) is 0 Å². The smallest absolute Gasteiger partial charge is 0.357 e. The molecule has 4 aromatic rings. The van der Waals surface area contributed by atoms with Gasteiger partial charge in [-0.1, -0.05) is 121 Å². The van der Waals surface area contributed by atoms with E-state index in [0.29, 0.717) is 118 Å². The molecule has 0 aliphatic heterocycles. The Kier molecular flexibility index (Phi) is 52.1. The maximum absolute atomic E-state index is 11.4. The van der Waals surface area contributed by atoms with Crippen molar-refractivity contribution in [3.8, 4) is 0 Å². The normalized spacial score (nSPS) is 23.5. The van der Waals surface area contributed by atoms with Gasteiger partial charge in [-0.25, -0.2) is 0 Å². The molecule has 19 atom stereocenters. The van der Waals surface area contributed by atoms with Crippen molar-refractivity contribution < 1.29 is 154 Å². The van der Waals surface area contributed by atoms with Crippen LogP contribution >= 0.6 is 0 Å². The maximum Gasteiger partial charge on any atom is 0.357 e. The molecule has 698 valence electrons. The molecule has 20 N–H and O–H groups in total. The molecule has 121 heavy (non-hydrogen) atoms. The second kappa shape index (κ2) is 56.0. The molecule has 0 amide bonds. The second-order valence-corrected chi connectivity index (χ2v) is 59.3. The lowest BCUT2D eigenvalue weighted by molar-refractivity contribution is -0.102. The van der Waals surface area contributed by atoms with Gasteiger partial charge in [0.25, 0.3) is 0 Å². The minimum absolute atomic E-state index is 0.0128. The van der Waals surface area contributed by atoms with E-state index in [4.69, 9.17) is 73.5 Å². The largest absolute Gasteiger partial charge is 0.411 e. The summed E-state index contributed by atoms with van der Waals surface area (Å²) in [5.74, 6) is 0.591. The van der Waals surface area contributed by atoms with Gasteiger partial charge in [0.1, 0.15) is 23.4 Å². The summed E-state index contributed by atoms with van der Waals surface area (Å²) in [5.41, 5.74) is -2.72. The Balaban J connectivity index is 0.000000421. The fraction of sp³-hybridized carbons (Fsp3) is 0.704. The van der Waals surface area contributed by atoms with E-state index in [1.807, 2.05) is 97.1 Å². The highest BCUT2D eigenvalue weighted by Gasteiger charge is 2.51. The summed E-state index contributed by atoms with van der Waals surface area (Å²) in [4.78, 5) is 44.6. The monoisotopic (exact) mass is 1860 g/mol. The third-order valence-corrected chi connectivity index (χ3v) is 51.7. The van der Waals surface area contributed by atoms with E-state index >= 15 is 0 Å². The molecule has 19 unspecified atom stereocenters. The van der Waals surface area contributed by atoms with Gasteiger partial charge in [-0.2, -0.15) is 0 Å². The SMILES string of the molecule is CO[Si](CC(O)CO)(CC(O)CO)O[Si](C)(O)c1ccccc1.CO[Si](CCC1CCC(O)C(O)C1)(CCC1CCC(O)C(O)C1)O[Si](C)(O)c1ccccc1.CO[Si](CCCOCC(C)(O)C(C)O)(CCOCC(C)(O)C(C)O)O[Si](C)(O)c1ccccc1.CO[Si](CCCOCC(O)CO)(CCCOCC(O)CO)O[Si](C)(O)c1ccccc1. The minimum Gasteiger partial charge on any atom is -0.411 e. The Hall–Kier alpha value is -2.66. The molecule has 0 aromatic heterocycles. The molecule has 0 radical (unpaired) electrons. The van der Waals surface area contributed by atoms with Crippen molar-refractivity contribution in [1.29, 1.82) is 0 Å². The Bertz CT molecular complexity index is 3240. The van der Waals surface area contributed by atoms with Crippen LogP contribution in [-0.4, -0.2) is 349 Å². The molecule has 0 heterocycles. The van der Waals surface area contributed by atoms with Gasteiger partial charge in [0.05, 0.1) is 102 Å². The summed E-state index contributed by atoms with van der Waals surface area (Å²) >= 11 is 0. The molecule has 0 saturated heterocycles. The maximum atomic E-state index is 11.4. The Morgan fingerprint density at radius 1 is 0.355 bits per heavy atom. The summed E-state index contributed by atoms with van der Waals surface area (Å²) in [6, 6.07) is 40.4. The second-order valence-electron chi connectivity index (χ2n) is 33.1. The minimum atomic E-state index is -3.34. The predicted octanol–water partition coefficient (Wildman–Crippen LogP) is 0.989. The fourth-order valence-electron chi connectivity index (χ4n) is 14.0. The van der Waals surface area contributed by atoms with Gasteiger partial charge in [0.2, 0.25) is 0 Å². The number of hydrogen-bond acceptors (Lipinski definition) is 32. The van der Waals surface area contributed by atoms with Crippen molar-refractivity contribution in [2.24, 2.45) is 11.8 Å². The van der Waals surface area contributed by atoms with Crippen LogP contribution < -0.4 is 20.7 Å². The quantitative estimate of drug-likeness (QED) is 0.0216. The first-order valence-electron chi connectivity index (χ1n) is 42.0. The lowest BCUT2D eigenvalue weighted by atomic mass is 9.84. The molecular weight excluding hydrogens is 1710 g/mol. The van der Waals surface area contributed by atoms with Gasteiger partial charge in [-0.05, 0) is 187 Å². The van der Waals surface area contributed by atoms with E-state index in [1.165, 1.54) is 34.8 Å². The van der Waals surface area contributed by atoms with Crippen LogP contribution in [0.4, 0.5) is 0 Å². The van der Waals surface area contributed by atoms with E-state index < -0.39 is 154 Å². The number of aliphatic hydroxyl groups excluding tert-OH is 14. The first-order chi connectivity index (χ1) is 56.9. The van der Waals surface area contributed by atoms with E-state index in [1.54, 1.807) is 71.8 Å². The summed E-state index contributed by atoms with van der Waals surface area (Å²) in [5, 5.41) is 157. The van der Waals surface area contributed by atoms with Crippen molar-refractivity contribution in [1.82, 2.24) is 0 Å². The summed E-state index contributed by atoms with van der Waals surface area (Å²) in [7, 11) is -18.7. The van der Waals surface area contributed by atoms with Crippen LogP contribution in [0.2, 0.25) is 74.5 Å². The van der Waals surface area contributed by atoms with Crippen LogP contribution in [0.5, 0.6) is 0 Å². The first-order valence-corrected chi connectivity index (χ1v) is 60.4. The van der Waals surface area contributed by atoms with Crippen LogP contribution in [0.3, 0.4) is 0 Å². The summed E-state index contributed by atoms with van der Waals surface area (Å²) in [6.07, 6.45) is -0.962. The molecule has 0 bridgehead atoms. The molecular formula is C81H150O32Si8. The van der Waals surface area contributed by atoms with E-state index in [0.717, 1.165) is 41.2 Å². The Labute approximate surface area is 725 Å². The van der Waals surface area contributed by atoms with Crippen LogP contribution in [-0.2, 0) is 53.1 Å². The summed E-state index contributed by atoms with van der Waals surface area (Å²) < 4.78 is 70.8. The van der Waals surface area contributed by atoms with Crippen LogP contribution in [0.25, 0.3) is 0 Å². The summed E-state index contributed by atoms with van der Waals surface area (Å²) in [6.45, 7) is 12.5. The van der Waals surface area contributed by atoms with Crippen molar-refractivity contribution in [3.63, 3.8) is 0 Å². The van der Waals surface area contributed by atoms with Crippen molar-refractivity contribution >= 4 is 89.2 Å². The standard InChI is InChI=1S/C24H42O7Si2.C23H44O9Si2.C20H38O9Si2.C14H26O7Si2/c1-30-33(14-12-18-8-10-21(25)23(27)16-18,15-13-19-9-11-22(26)24(28)17-19)31-32(2,29)20-6-4-3-5-7-20;1-19(24)22(3,26)17-30-13-10-15-34(29-5,16-14-31-18-23(4,27)20(2)25)32-33(6,28)21-11-8-7-9-12-21;1-26-31(12-6-10-27-16-18(23)14-21,13-7-11-28-17-19(24)15-22)29-30(2,25)20-8-4-3-5-9-20;1-20-23(10-12(17)8-15,11-13(18)9-16)21-22(2,19)14-6-4-3-5-7-14/h3-7,18-19,21-29H,8-17H2,1-2H3;7-9,11-12,19-20,24-28H,10,13-18H2,1-6H3;3-5,8-9,18-19,21-25H,6-7,10-17H2,1-2H3;3-7,12-13,15-19H,8-11H2,1-2H3. The highest BCUT2D eigenvalue weighted by molar-refractivity contribution is 6.89. The van der Waals surface area contributed by atoms with Crippen molar-refractivity contribution in [3.05, 3.63) is 121 Å². The molecule has 4 aromatic carbocycles. The molecule has 2 fully saturated rings. The van der Waals surface area contributed by atoms with E-state index in [2.05, 4.69) is 0 Å². The lowest BCUT2D eigenvalue weighted by Crippen LogP contribution is -2.60. The molecule has 32 nitrogen and oxygen atoms in total. The number of ether oxygens (including phenoxy) is 4. The van der Waals surface area contributed by atoms with Gasteiger partial charge >= 0.3 is 68.5 Å². The molecule has 40 heteroatoms. The van der Waals surface area contributed by atoms with Crippen molar-refractivity contribution in [2.45, 2.75) is 245 Å². The number of rotatable bonds is 55. The average molecular weight is 1860 g/mol. The average Bonchev–Trinajstić information content (AvgIpc) is 0.816. The number of aliphatic hydroxyl groups is 16. The zero-order chi connectivity index (χ0) is 90.8. The molecule has 0 spiro atoms.